The average Bonchev–Trinajstić information content (AvgIpc) is 2.70. The quantitative estimate of drug-likeness (QED) is 0.339. The van der Waals surface area contributed by atoms with Crippen molar-refractivity contribution in [1.82, 2.24) is 10.9 Å². The van der Waals surface area contributed by atoms with Crippen molar-refractivity contribution >= 4 is 34.7 Å². The summed E-state index contributed by atoms with van der Waals surface area (Å²) in [6.45, 7) is 7.86. The second-order valence-electron chi connectivity index (χ2n) is 7.59. The summed E-state index contributed by atoms with van der Waals surface area (Å²) in [6, 6.07) is 13.3. The predicted molar refractivity (Wildman–Crippen MR) is 125 cm³/mol. The number of hydrazine groups is 1. The summed E-state index contributed by atoms with van der Waals surface area (Å²) < 4.78 is 16.5. The molecule has 3 rings (SSSR count). The summed E-state index contributed by atoms with van der Waals surface area (Å²) in [7, 11) is 0. The lowest BCUT2D eigenvalue weighted by Crippen LogP contribution is -2.41. The van der Waals surface area contributed by atoms with Crippen LogP contribution in [0.3, 0.4) is 0 Å². The number of ether oxygens (including phenoxy) is 3. The summed E-state index contributed by atoms with van der Waals surface area (Å²) in [4.78, 5) is 11.6. The first kappa shape index (κ1) is 22.4. The Balaban J connectivity index is 1.70. The molecule has 0 saturated heterocycles. The van der Waals surface area contributed by atoms with E-state index < -0.39 is 11.6 Å². The lowest BCUT2D eigenvalue weighted by molar-refractivity contribution is -0.145. The van der Waals surface area contributed by atoms with Crippen LogP contribution in [0.1, 0.15) is 31.9 Å². The maximum Gasteiger partial charge on any atom is 0.344 e. The smallest absolute Gasteiger partial charge is 0.344 e. The number of fused-ring (bicyclic) bond motifs is 1. The second kappa shape index (κ2) is 9.70. The molecule has 0 radical (unpaired) electrons. The number of hydrogen-bond donors (Lipinski definition) is 3. The molecule has 0 spiro atoms. The lowest BCUT2D eigenvalue weighted by Gasteiger charge is -2.31. The van der Waals surface area contributed by atoms with Gasteiger partial charge in [-0.05, 0) is 81.9 Å². The van der Waals surface area contributed by atoms with Crippen LogP contribution in [0.15, 0.2) is 48.5 Å². The third-order valence-electron chi connectivity index (χ3n) is 4.35. The van der Waals surface area contributed by atoms with E-state index in [2.05, 4.69) is 16.2 Å². The van der Waals surface area contributed by atoms with Crippen molar-refractivity contribution in [3.63, 3.8) is 0 Å². The zero-order valence-electron chi connectivity index (χ0n) is 18.1. The van der Waals surface area contributed by atoms with Crippen LogP contribution < -0.4 is 25.6 Å². The molecule has 7 nitrogen and oxygen atoms in total. The van der Waals surface area contributed by atoms with E-state index in [-0.39, 0.29) is 6.61 Å². The number of hydrogen-bond acceptors (Lipinski definition) is 6. The summed E-state index contributed by atoms with van der Waals surface area (Å²) in [5, 5.41) is 3.57. The van der Waals surface area contributed by atoms with E-state index in [1.165, 1.54) is 0 Å². The van der Waals surface area contributed by atoms with Gasteiger partial charge in [0.15, 0.2) is 11.7 Å². The van der Waals surface area contributed by atoms with Crippen molar-refractivity contribution in [1.29, 1.82) is 0 Å². The molecule has 2 aromatic carbocycles. The Bertz CT molecular complexity index is 1000. The lowest BCUT2D eigenvalue weighted by atomic mass is 9.99. The van der Waals surface area contributed by atoms with Crippen LogP contribution >= 0.6 is 12.2 Å². The highest BCUT2D eigenvalue weighted by Crippen LogP contribution is 2.36. The molecule has 0 aliphatic carbocycles. The van der Waals surface area contributed by atoms with Crippen molar-refractivity contribution in [2.75, 3.05) is 18.5 Å². The number of aryl methyl sites for hydroxylation is 1. The molecule has 0 fully saturated rings. The summed E-state index contributed by atoms with van der Waals surface area (Å²) in [5.74, 6) is 0.807. The minimum absolute atomic E-state index is 0.159. The van der Waals surface area contributed by atoms with Crippen LogP contribution in [0.2, 0.25) is 0 Å². The van der Waals surface area contributed by atoms with Crippen molar-refractivity contribution < 1.29 is 19.0 Å². The Kier molecular flexibility index (Phi) is 7.02. The van der Waals surface area contributed by atoms with Crippen LogP contribution in [-0.4, -0.2) is 29.9 Å². The second-order valence-corrected chi connectivity index (χ2v) is 8.00. The molecule has 8 heteroatoms. The molecule has 0 unspecified atom stereocenters. The molecule has 0 bridgehead atoms. The molecule has 0 aromatic heterocycles. The molecular weight excluding hydrogens is 414 g/mol. The van der Waals surface area contributed by atoms with E-state index in [1.54, 1.807) is 19.1 Å². The van der Waals surface area contributed by atoms with Crippen LogP contribution in [0, 0.1) is 6.92 Å². The zero-order valence-corrected chi connectivity index (χ0v) is 18.9. The molecule has 1 heterocycles. The zero-order chi connectivity index (χ0) is 22.4. The molecule has 0 amide bonds. The molecule has 31 heavy (non-hydrogen) atoms. The highest BCUT2D eigenvalue weighted by molar-refractivity contribution is 7.80. The molecule has 0 atom stereocenters. The van der Waals surface area contributed by atoms with Crippen LogP contribution in [0.25, 0.3) is 5.70 Å². The molecular formula is C23H27N3O4S. The van der Waals surface area contributed by atoms with Gasteiger partial charge in [-0.25, -0.2) is 4.79 Å². The fourth-order valence-electron chi connectivity index (χ4n) is 3.09. The van der Waals surface area contributed by atoms with Crippen molar-refractivity contribution in [2.45, 2.75) is 33.3 Å². The monoisotopic (exact) mass is 441 g/mol. The molecule has 1 aliphatic rings. The van der Waals surface area contributed by atoms with E-state index in [1.807, 2.05) is 57.2 Å². The fourth-order valence-corrected chi connectivity index (χ4v) is 3.26. The number of esters is 1. The molecule has 1 aliphatic heterocycles. The van der Waals surface area contributed by atoms with Crippen molar-refractivity contribution in [3.05, 3.63) is 59.7 Å². The van der Waals surface area contributed by atoms with E-state index in [0.717, 1.165) is 22.5 Å². The Morgan fingerprint density at radius 2 is 2.00 bits per heavy atom. The highest BCUT2D eigenvalue weighted by atomic mass is 32.1. The van der Waals surface area contributed by atoms with Crippen molar-refractivity contribution in [3.8, 4) is 11.5 Å². The maximum absolute atomic E-state index is 11.6. The number of anilines is 1. The highest BCUT2D eigenvalue weighted by Gasteiger charge is 2.27. The van der Waals surface area contributed by atoms with E-state index >= 15 is 0 Å². The van der Waals surface area contributed by atoms with Gasteiger partial charge in [-0.2, -0.15) is 0 Å². The number of benzene rings is 2. The van der Waals surface area contributed by atoms with Gasteiger partial charge >= 0.3 is 5.97 Å². The number of rotatable bonds is 7. The van der Waals surface area contributed by atoms with Gasteiger partial charge in [-0.3, -0.25) is 10.9 Å². The largest absolute Gasteiger partial charge is 0.483 e. The van der Waals surface area contributed by atoms with Crippen LogP contribution in [0.4, 0.5) is 5.69 Å². The summed E-state index contributed by atoms with van der Waals surface area (Å²) >= 11 is 5.41. The number of thiocarbonyl (C=S) groups is 1. The fraction of sp³-hybridized carbons (Fsp3) is 0.304. The average molecular weight is 442 g/mol. The van der Waals surface area contributed by atoms with Gasteiger partial charge in [0.2, 0.25) is 0 Å². The van der Waals surface area contributed by atoms with E-state index in [0.29, 0.717) is 23.2 Å². The molecule has 0 saturated carbocycles. The Morgan fingerprint density at radius 3 is 2.74 bits per heavy atom. The Hall–Kier alpha value is -3.26. The van der Waals surface area contributed by atoms with E-state index in [4.69, 9.17) is 26.4 Å². The maximum atomic E-state index is 11.6. The Morgan fingerprint density at radius 1 is 1.19 bits per heavy atom. The minimum atomic E-state index is -0.518. The number of nitrogens with one attached hydrogen (secondary N) is 3. The third-order valence-corrected chi connectivity index (χ3v) is 4.56. The van der Waals surface area contributed by atoms with Gasteiger partial charge in [0, 0.05) is 11.3 Å². The topological polar surface area (TPSA) is 80.9 Å². The predicted octanol–water partition coefficient (Wildman–Crippen LogP) is 3.94. The SMILES string of the molecule is CCOC(=O)COc1ccc2c(c1)C(NNC(=S)Nc1cccc(C)c1)=CC(C)(C)O2. The van der Waals surface area contributed by atoms with Gasteiger partial charge in [0.25, 0.3) is 0 Å². The summed E-state index contributed by atoms with van der Waals surface area (Å²) in [5.41, 5.74) is 9.26. The standard InChI is InChI=1S/C23H27N3O4S/c1-5-28-21(27)14-29-17-9-10-20-18(12-17)19(13-23(3,4)30-20)25-26-22(31)24-16-8-6-7-15(2)11-16/h6-13,25H,5,14H2,1-4H3,(H2,24,26,31). The van der Waals surface area contributed by atoms with Gasteiger partial charge < -0.3 is 19.5 Å². The van der Waals surface area contributed by atoms with Gasteiger partial charge in [0.1, 0.15) is 17.1 Å². The number of carbonyl (C=O) groups excluding carboxylic acids is 1. The van der Waals surface area contributed by atoms with Crippen LogP contribution in [-0.2, 0) is 9.53 Å². The van der Waals surface area contributed by atoms with Gasteiger partial charge in [-0.15, -0.1) is 0 Å². The minimum Gasteiger partial charge on any atom is -0.483 e. The Labute approximate surface area is 187 Å². The molecule has 3 N–H and O–H groups in total. The van der Waals surface area contributed by atoms with Gasteiger partial charge in [-0.1, -0.05) is 12.1 Å². The van der Waals surface area contributed by atoms with Crippen molar-refractivity contribution in [2.24, 2.45) is 0 Å². The normalized spacial score (nSPS) is 13.7. The van der Waals surface area contributed by atoms with Gasteiger partial charge in [0.05, 0.1) is 12.3 Å². The molecule has 164 valence electrons. The first-order valence-corrected chi connectivity index (χ1v) is 10.4. The first-order chi connectivity index (χ1) is 14.8. The summed E-state index contributed by atoms with van der Waals surface area (Å²) in [6.07, 6.45) is 1.95. The van der Waals surface area contributed by atoms with Crippen LogP contribution in [0.5, 0.6) is 11.5 Å². The first-order valence-electron chi connectivity index (χ1n) is 10.00. The third kappa shape index (κ3) is 6.36. The van der Waals surface area contributed by atoms with E-state index in [9.17, 15) is 4.79 Å². The molecule has 2 aromatic rings. The number of carbonyl (C=O) groups is 1.